The minimum Gasteiger partial charge on any atom is -1.00 e. The third kappa shape index (κ3) is 69.6. The van der Waals surface area contributed by atoms with Crippen molar-refractivity contribution in [2.75, 3.05) is 0 Å². The molecule has 0 aromatic rings. The van der Waals surface area contributed by atoms with Crippen LogP contribution in [0.3, 0.4) is 0 Å². The summed E-state index contributed by atoms with van der Waals surface area (Å²) in [5, 5.41) is 0. The first-order valence-electron chi connectivity index (χ1n) is 0. The molecule has 0 saturated heterocycles. The van der Waals surface area contributed by atoms with Gasteiger partial charge in [0.05, 0.1) is 0 Å². The van der Waals surface area contributed by atoms with Gasteiger partial charge in [-0.25, -0.2) is 0 Å². The van der Waals surface area contributed by atoms with Crippen molar-refractivity contribution in [3.8, 4) is 0 Å². The molecule has 0 aliphatic heterocycles. The van der Waals surface area contributed by atoms with Gasteiger partial charge in [-0.1, -0.05) is 0 Å². The standard InChI is InChI=1S/Cd.2FH.2H2O/h;2*1H;2*1H2/q+2;;;;/p-2. The van der Waals surface area contributed by atoms with E-state index in [1.165, 1.54) is 0 Å². The second-order valence-corrected chi connectivity index (χ2v) is 0. The van der Waals surface area contributed by atoms with Crippen LogP contribution in [0.1, 0.15) is 0 Å². The third-order valence-electron chi connectivity index (χ3n) is 0. The van der Waals surface area contributed by atoms with Crippen LogP contribution in [0.15, 0.2) is 0 Å². The summed E-state index contributed by atoms with van der Waals surface area (Å²) in [6, 6.07) is 0. The van der Waals surface area contributed by atoms with Crippen LogP contribution in [0.5, 0.6) is 0 Å². The monoisotopic (exact) mass is 188 g/mol. The fraction of sp³-hybridized carbons (Fsp3) is 0. The zero-order valence-electron chi connectivity index (χ0n) is 2.46. The van der Waals surface area contributed by atoms with Crippen molar-refractivity contribution in [2.24, 2.45) is 0 Å². The Morgan fingerprint density at radius 3 is 0.600 bits per heavy atom. The van der Waals surface area contributed by atoms with Gasteiger partial charge < -0.3 is 20.4 Å². The van der Waals surface area contributed by atoms with Gasteiger partial charge in [0, 0.05) is 0 Å². The maximum absolute atomic E-state index is 0. The molecule has 0 amide bonds. The molecule has 0 spiro atoms. The Morgan fingerprint density at radius 1 is 0.600 bits per heavy atom. The molecular formula is H4CdF2O2. The van der Waals surface area contributed by atoms with Gasteiger partial charge in [0.2, 0.25) is 0 Å². The number of hydrogen-bond donors (Lipinski definition) is 0. The average molecular weight is 186 g/mol. The molecule has 5 heavy (non-hydrogen) atoms. The molecule has 0 aromatic heterocycles. The van der Waals surface area contributed by atoms with E-state index in [0.29, 0.717) is 0 Å². The Balaban J connectivity index is 0. The summed E-state index contributed by atoms with van der Waals surface area (Å²) >= 11 is 0. The van der Waals surface area contributed by atoms with Crippen LogP contribution in [0, 0.1) is 0 Å². The SMILES string of the molecule is O.O.[Cd+2].[F-].[F-]. The summed E-state index contributed by atoms with van der Waals surface area (Å²) in [4.78, 5) is 0. The fourth-order valence-electron chi connectivity index (χ4n) is 0. The largest absolute Gasteiger partial charge is 2.00 e. The molecule has 0 aromatic carbocycles. The second-order valence-electron chi connectivity index (χ2n) is 0. The topological polar surface area (TPSA) is 63.0 Å². The Morgan fingerprint density at radius 2 is 0.600 bits per heavy atom. The van der Waals surface area contributed by atoms with E-state index < -0.39 is 0 Å². The summed E-state index contributed by atoms with van der Waals surface area (Å²) < 4.78 is 0. The van der Waals surface area contributed by atoms with Crippen molar-refractivity contribution in [3.05, 3.63) is 0 Å². The molecule has 0 saturated carbocycles. The number of hydrogen-bond acceptors (Lipinski definition) is 0. The van der Waals surface area contributed by atoms with Gasteiger partial charge in [-0.3, -0.25) is 0 Å². The second kappa shape index (κ2) is 131. The van der Waals surface area contributed by atoms with Crippen LogP contribution in [0.2, 0.25) is 0 Å². The maximum Gasteiger partial charge on any atom is 2.00 e. The van der Waals surface area contributed by atoms with Crippen LogP contribution < -0.4 is 9.41 Å². The van der Waals surface area contributed by atoms with E-state index in [0.717, 1.165) is 0 Å². The smallest absolute Gasteiger partial charge is 1.00 e. The minimum atomic E-state index is 0. The maximum atomic E-state index is 0. The van der Waals surface area contributed by atoms with Gasteiger partial charge in [-0.05, 0) is 0 Å². The molecule has 0 heterocycles. The molecule has 4 N–H and O–H groups in total. The van der Waals surface area contributed by atoms with E-state index >= 15 is 0 Å². The molecule has 0 unspecified atom stereocenters. The van der Waals surface area contributed by atoms with Crippen molar-refractivity contribution in [2.45, 2.75) is 0 Å². The Kier molecular flexibility index (Phi) is 6690. The molecule has 0 bridgehead atoms. The minimum absolute atomic E-state index is 0. The van der Waals surface area contributed by atoms with Gasteiger partial charge in [-0.2, -0.15) is 0 Å². The summed E-state index contributed by atoms with van der Waals surface area (Å²) in [5.74, 6) is 0. The zero-order chi connectivity index (χ0) is 0. The summed E-state index contributed by atoms with van der Waals surface area (Å²) in [6.45, 7) is 0. The quantitative estimate of drug-likeness (QED) is 0.338. The molecule has 0 aliphatic carbocycles. The van der Waals surface area contributed by atoms with Crippen molar-refractivity contribution in [1.29, 1.82) is 0 Å². The molecule has 0 atom stereocenters. The Hall–Kier alpha value is 0.702. The van der Waals surface area contributed by atoms with E-state index in [4.69, 9.17) is 0 Å². The first-order valence-corrected chi connectivity index (χ1v) is 0. The molecule has 32 valence electrons. The third-order valence-corrected chi connectivity index (χ3v) is 0. The summed E-state index contributed by atoms with van der Waals surface area (Å²) in [6.07, 6.45) is 0. The van der Waals surface area contributed by atoms with Crippen LogP contribution in [-0.2, 0) is 27.3 Å². The summed E-state index contributed by atoms with van der Waals surface area (Å²) in [5.41, 5.74) is 0. The number of rotatable bonds is 0. The first kappa shape index (κ1) is 256. The van der Waals surface area contributed by atoms with E-state index in [9.17, 15) is 0 Å². The molecule has 0 radical (unpaired) electrons. The predicted octanol–water partition coefficient (Wildman–Crippen LogP) is -7.64. The fourth-order valence-corrected chi connectivity index (χ4v) is 0. The molecular weight excluding hydrogens is 182 g/mol. The zero-order valence-corrected chi connectivity index (χ0v) is 6.50. The van der Waals surface area contributed by atoms with E-state index in [2.05, 4.69) is 0 Å². The van der Waals surface area contributed by atoms with E-state index in [-0.39, 0.29) is 47.7 Å². The van der Waals surface area contributed by atoms with Gasteiger partial charge in [-0.15, -0.1) is 0 Å². The average Bonchev–Trinajstić information content (AvgIpc) is 0. The summed E-state index contributed by atoms with van der Waals surface area (Å²) in [7, 11) is 0. The van der Waals surface area contributed by atoms with Crippen LogP contribution in [0.25, 0.3) is 0 Å². The van der Waals surface area contributed by atoms with Crippen molar-refractivity contribution in [3.63, 3.8) is 0 Å². The molecule has 0 rings (SSSR count). The molecule has 5 heteroatoms. The van der Waals surface area contributed by atoms with Gasteiger partial charge in [0.1, 0.15) is 0 Å². The van der Waals surface area contributed by atoms with Crippen molar-refractivity contribution in [1.82, 2.24) is 0 Å². The normalized spacial score (nSPS) is 0. The molecule has 0 aliphatic rings. The van der Waals surface area contributed by atoms with E-state index in [1.807, 2.05) is 0 Å². The van der Waals surface area contributed by atoms with Crippen LogP contribution in [0.4, 0.5) is 0 Å². The van der Waals surface area contributed by atoms with Gasteiger partial charge in [0.25, 0.3) is 0 Å². The Bertz CT molecular complexity index is 7.61. The first-order chi connectivity index (χ1) is 0. The van der Waals surface area contributed by atoms with Crippen molar-refractivity contribution >= 4 is 0 Å². The van der Waals surface area contributed by atoms with E-state index in [1.54, 1.807) is 0 Å². The number of halogens is 2. The van der Waals surface area contributed by atoms with Crippen LogP contribution in [-0.4, -0.2) is 11.0 Å². The predicted molar refractivity (Wildman–Crippen MR) is 7.23 cm³/mol. The Labute approximate surface area is 48.1 Å². The van der Waals surface area contributed by atoms with Gasteiger partial charge in [0.15, 0.2) is 0 Å². The van der Waals surface area contributed by atoms with Crippen molar-refractivity contribution < 1.29 is 47.7 Å². The molecule has 2 nitrogen and oxygen atoms in total. The van der Waals surface area contributed by atoms with Gasteiger partial charge >= 0.3 is 27.3 Å². The van der Waals surface area contributed by atoms with Crippen LogP contribution >= 0.6 is 0 Å². The molecule has 0 fully saturated rings.